The van der Waals surface area contributed by atoms with E-state index in [1.807, 2.05) is 72.8 Å². The van der Waals surface area contributed by atoms with Crippen molar-refractivity contribution in [2.24, 2.45) is 0 Å². The van der Waals surface area contributed by atoms with Gasteiger partial charge in [0.15, 0.2) is 5.58 Å². The Morgan fingerprint density at radius 2 is 1.73 bits per heavy atom. The number of ether oxygens (including phenoxy) is 1. The number of para-hydroxylation sites is 2. The largest absolute Gasteiger partial charge is 0.431 e. The van der Waals surface area contributed by atoms with E-state index < -0.39 is 0 Å². The maximum atomic E-state index is 12.8. The number of nitrogens with one attached hydrogen (secondary N) is 1. The van der Waals surface area contributed by atoms with E-state index in [1.165, 1.54) is 11.8 Å². The first-order valence-electron chi connectivity index (χ1n) is 9.64. The summed E-state index contributed by atoms with van der Waals surface area (Å²) in [5.41, 5.74) is 5.36. The van der Waals surface area contributed by atoms with Crippen molar-refractivity contribution in [2.75, 3.05) is 7.11 Å². The molecule has 3 aromatic carbocycles. The van der Waals surface area contributed by atoms with Crippen LogP contribution in [0, 0.1) is 0 Å². The third-order valence-electron chi connectivity index (χ3n) is 4.67. The average Bonchev–Trinajstić information content (AvgIpc) is 3.20. The molecule has 0 unspecified atom stereocenters. The first-order valence-corrected chi connectivity index (χ1v) is 10.6. The van der Waals surface area contributed by atoms with Gasteiger partial charge in [0.05, 0.1) is 6.61 Å². The molecular weight excluding hydrogens is 396 g/mol. The quantitative estimate of drug-likeness (QED) is 0.399. The van der Waals surface area contributed by atoms with Crippen molar-refractivity contribution in [1.29, 1.82) is 0 Å². The first kappa shape index (κ1) is 20.2. The molecule has 4 aromatic rings. The maximum Gasteiger partial charge on any atom is 0.257 e. The molecule has 1 aromatic heterocycles. The smallest absolute Gasteiger partial charge is 0.257 e. The van der Waals surface area contributed by atoms with Crippen LogP contribution >= 0.6 is 11.8 Å². The minimum Gasteiger partial charge on any atom is -0.431 e. The number of thioether (sulfide) groups is 1. The van der Waals surface area contributed by atoms with Crippen LogP contribution in [0.4, 0.5) is 0 Å². The highest BCUT2D eigenvalue weighted by Gasteiger charge is 2.13. The Labute approximate surface area is 179 Å². The molecule has 152 valence electrons. The van der Waals surface area contributed by atoms with Crippen molar-refractivity contribution >= 4 is 28.8 Å². The fourth-order valence-corrected chi connectivity index (χ4v) is 3.96. The van der Waals surface area contributed by atoms with Crippen LogP contribution in [0.3, 0.4) is 0 Å². The summed E-state index contributed by atoms with van der Waals surface area (Å²) in [6, 6.07) is 23.3. The Morgan fingerprint density at radius 3 is 2.53 bits per heavy atom. The van der Waals surface area contributed by atoms with E-state index >= 15 is 0 Å². The van der Waals surface area contributed by atoms with E-state index in [1.54, 1.807) is 7.11 Å². The molecule has 0 radical (unpaired) electrons. The van der Waals surface area contributed by atoms with Gasteiger partial charge in [-0.25, -0.2) is 4.98 Å². The normalized spacial score (nSPS) is 11.0. The van der Waals surface area contributed by atoms with Crippen molar-refractivity contribution in [1.82, 2.24) is 10.3 Å². The van der Waals surface area contributed by atoms with Gasteiger partial charge in [0, 0.05) is 25.0 Å². The lowest BCUT2D eigenvalue weighted by molar-refractivity contribution is 0.0950. The van der Waals surface area contributed by atoms with E-state index in [2.05, 4.69) is 10.3 Å². The number of benzene rings is 3. The molecule has 0 aliphatic rings. The van der Waals surface area contributed by atoms with Crippen LogP contribution < -0.4 is 5.32 Å². The number of oxazole rings is 1. The number of fused-ring (bicyclic) bond motifs is 1. The van der Waals surface area contributed by atoms with Gasteiger partial charge in [-0.3, -0.25) is 4.79 Å². The monoisotopic (exact) mass is 418 g/mol. The van der Waals surface area contributed by atoms with Gasteiger partial charge in [0.2, 0.25) is 0 Å². The second-order valence-corrected chi connectivity index (χ2v) is 7.75. The summed E-state index contributed by atoms with van der Waals surface area (Å²) in [7, 11) is 1.67. The zero-order valence-electron chi connectivity index (χ0n) is 16.6. The molecule has 0 aliphatic carbocycles. The highest BCUT2D eigenvalue weighted by Crippen LogP contribution is 2.27. The van der Waals surface area contributed by atoms with E-state index in [-0.39, 0.29) is 5.91 Å². The van der Waals surface area contributed by atoms with Crippen molar-refractivity contribution < 1.29 is 13.9 Å². The number of amides is 1. The highest BCUT2D eigenvalue weighted by molar-refractivity contribution is 7.98. The molecule has 0 aliphatic heterocycles. The Bertz CT molecular complexity index is 1110. The van der Waals surface area contributed by atoms with Gasteiger partial charge in [0.25, 0.3) is 11.1 Å². The number of carbonyl (C=O) groups excluding carboxylic acids is 1. The Hall–Kier alpha value is -3.09. The van der Waals surface area contributed by atoms with Crippen LogP contribution in [0.5, 0.6) is 0 Å². The predicted octanol–water partition coefficient (Wildman–Crippen LogP) is 5.20. The lowest BCUT2D eigenvalue weighted by Crippen LogP contribution is -2.23. The second-order valence-electron chi connectivity index (χ2n) is 6.83. The maximum absolute atomic E-state index is 12.8. The van der Waals surface area contributed by atoms with Crippen LogP contribution in [0.2, 0.25) is 0 Å². The van der Waals surface area contributed by atoms with Crippen LogP contribution in [-0.2, 0) is 23.6 Å². The average molecular weight is 419 g/mol. The number of nitrogens with zero attached hydrogens (tertiary/aromatic N) is 1. The van der Waals surface area contributed by atoms with E-state index in [4.69, 9.17) is 9.15 Å². The first-order chi connectivity index (χ1) is 14.7. The number of rotatable bonds is 8. The van der Waals surface area contributed by atoms with Crippen molar-refractivity contribution in [3.8, 4) is 0 Å². The fraction of sp³-hybridized carbons (Fsp3) is 0.167. The molecule has 0 atom stereocenters. The minimum absolute atomic E-state index is 0.0928. The molecule has 1 heterocycles. The number of hydrogen-bond donors (Lipinski definition) is 1. The van der Waals surface area contributed by atoms with Crippen LogP contribution in [-0.4, -0.2) is 18.0 Å². The summed E-state index contributed by atoms with van der Waals surface area (Å²) in [5.74, 6) is 0.506. The minimum atomic E-state index is -0.0928. The predicted molar refractivity (Wildman–Crippen MR) is 118 cm³/mol. The van der Waals surface area contributed by atoms with Crippen LogP contribution in [0.25, 0.3) is 11.1 Å². The molecule has 30 heavy (non-hydrogen) atoms. The third-order valence-corrected chi connectivity index (χ3v) is 5.55. The van der Waals surface area contributed by atoms with Gasteiger partial charge >= 0.3 is 0 Å². The molecule has 1 N–H and O–H groups in total. The number of aromatic nitrogens is 1. The third kappa shape index (κ3) is 4.90. The van der Waals surface area contributed by atoms with Gasteiger partial charge in [-0.05, 0) is 34.9 Å². The van der Waals surface area contributed by atoms with Crippen LogP contribution in [0.15, 0.2) is 82.4 Å². The van der Waals surface area contributed by atoms with E-state index in [9.17, 15) is 4.79 Å². The molecule has 6 heteroatoms. The number of hydrogen-bond acceptors (Lipinski definition) is 5. The van der Waals surface area contributed by atoms with Gasteiger partial charge in [-0.2, -0.15) is 0 Å². The Kier molecular flexibility index (Phi) is 6.47. The van der Waals surface area contributed by atoms with Gasteiger partial charge in [-0.15, -0.1) is 0 Å². The fourth-order valence-electron chi connectivity index (χ4n) is 3.12. The molecule has 5 nitrogen and oxygen atoms in total. The summed E-state index contributed by atoms with van der Waals surface area (Å²) in [6.45, 7) is 1.05. The summed E-state index contributed by atoms with van der Waals surface area (Å²) >= 11 is 1.48. The summed E-state index contributed by atoms with van der Waals surface area (Å²) in [4.78, 5) is 17.3. The SMILES string of the molecule is COCc1ccc(CNC(=O)c2ccccc2CSc2nc3ccccc3o2)cc1. The van der Waals surface area contributed by atoms with Crippen molar-refractivity contribution in [3.05, 3.63) is 95.1 Å². The topological polar surface area (TPSA) is 64.4 Å². The highest BCUT2D eigenvalue weighted by atomic mass is 32.2. The molecule has 0 spiro atoms. The van der Waals surface area contributed by atoms with Gasteiger partial charge in [-0.1, -0.05) is 66.4 Å². The van der Waals surface area contributed by atoms with E-state index in [0.29, 0.717) is 29.7 Å². The molecule has 4 rings (SSSR count). The molecule has 0 saturated carbocycles. The lowest BCUT2D eigenvalue weighted by atomic mass is 10.1. The Balaban J connectivity index is 1.39. The Morgan fingerprint density at radius 1 is 1.00 bits per heavy atom. The van der Waals surface area contributed by atoms with Crippen molar-refractivity contribution in [2.45, 2.75) is 24.1 Å². The molecule has 1 amide bonds. The van der Waals surface area contributed by atoms with Gasteiger partial charge in [0.1, 0.15) is 5.52 Å². The summed E-state index contributed by atoms with van der Waals surface area (Å²) < 4.78 is 10.9. The zero-order valence-corrected chi connectivity index (χ0v) is 17.4. The van der Waals surface area contributed by atoms with Crippen LogP contribution in [0.1, 0.15) is 27.0 Å². The standard InChI is InChI=1S/C24H22N2O3S/c1-28-15-18-12-10-17(11-13-18)14-25-23(27)20-7-3-2-6-19(20)16-30-24-26-21-8-4-5-9-22(21)29-24/h2-13H,14-16H2,1H3,(H,25,27). The van der Waals surface area contributed by atoms with Gasteiger partial charge < -0.3 is 14.5 Å². The summed E-state index contributed by atoms with van der Waals surface area (Å²) in [5, 5.41) is 3.61. The lowest BCUT2D eigenvalue weighted by Gasteiger charge is -2.10. The molecular formula is C24H22N2O3S. The summed E-state index contributed by atoms with van der Waals surface area (Å²) in [6.07, 6.45) is 0. The molecule has 0 bridgehead atoms. The molecule has 0 saturated heterocycles. The zero-order chi connectivity index (χ0) is 20.8. The number of methoxy groups -OCH3 is 1. The molecule has 0 fully saturated rings. The van der Waals surface area contributed by atoms with E-state index in [0.717, 1.165) is 27.8 Å². The second kappa shape index (κ2) is 9.61. The number of carbonyl (C=O) groups is 1. The van der Waals surface area contributed by atoms with Crippen molar-refractivity contribution in [3.63, 3.8) is 0 Å².